The Balaban J connectivity index is 0.980. The molecule has 0 bridgehead atoms. The van der Waals surface area contributed by atoms with E-state index in [0.29, 0.717) is 42.1 Å². The van der Waals surface area contributed by atoms with E-state index in [2.05, 4.69) is 41.1 Å². The maximum atomic E-state index is 13.8. The molecule has 13 nitrogen and oxygen atoms in total. The number of aromatic amines is 1. The summed E-state index contributed by atoms with van der Waals surface area (Å²) in [6.45, 7) is 6.26. The Bertz CT molecular complexity index is 1880. The number of hydrogen-bond donors (Lipinski definition) is 4. The van der Waals surface area contributed by atoms with Crippen molar-refractivity contribution >= 4 is 23.3 Å². The molecule has 3 heterocycles. The molecule has 0 spiro atoms. The van der Waals surface area contributed by atoms with Crippen molar-refractivity contribution in [2.75, 3.05) is 38.2 Å². The first-order chi connectivity index (χ1) is 26.8. The fourth-order valence-electron chi connectivity index (χ4n) is 8.49. The van der Waals surface area contributed by atoms with Gasteiger partial charge in [0.15, 0.2) is 0 Å². The van der Waals surface area contributed by atoms with Crippen LogP contribution in [0.3, 0.4) is 0 Å². The summed E-state index contributed by atoms with van der Waals surface area (Å²) in [7, 11) is 0. The monoisotopic (exact) mass is 747 g/mol. The van der Waals surface area contributed by atoms with Gasteiger partial charge in [-0.1, -0.05) is 24.3 Å². The van der Waals surface area contributed by atoms with Gasteiger partial charge < -0.3 is 21.1 Å². The van der Waals surface area contributed by atoms with Crippen molar-refractivity contribution in [3.8, 4) is 22.5 Å². The number of nitrogens with zero attached hydrogens (tertiary/aromatic N) is 5. The van der Waals surface area contributed by atoms with Crippen molar-refractivity contribution in [3.63, 3.8) is 0 Å². The number of hydrogen-bond acceptors (Lipinski definition) is 10. The minimum Gasteiger partial charge on any atom is -0.379 e. The average Bonchev–Trinajstić information content (AvgIpc) is 3.77. The van der Waals surface area contributed by atoms with Crippen molar-refractivity contribution in [1.82, 2.24) is 35.8 Å². The number of anilines is 1. The number of rotatable bonds is 13. The number of carbonyl (C=O) groups is 3. The topological polar surface area (TPSA) is 181 Å². The number of tetrazole rings is 1. The van der Waals surface area contributed by atoms with E-state index in [0.717, 1.165) is 105 Å². The summed E-state index contributed by atoms with van der Waals surface area (Å²) >= 11 is 0. The van der Waals surface area contributed by atoms with Crippen LogP contribution in [-0.2, 0) is 20.7 Å². The highest BCUT2D eigenvalue weighted by molar-refractivity contribution is 5.96. The van der Waals surface area contributed by atoms with Crippen LogP contribution in [0.2, 0.25) is 0 Å². The minimum atomic E-state index is -0.543. The summed E-state index contributed by atoms with van der Waals surface area (Å²) < 4.78 is 5.51. The van der Waals surface area contributed by atoms with E-state index >= 15 is 0 Å². The lowest BCUT2D eigenvalue weighted by Gasteiger charge is -2.38. The number of pyridine rings is 1. The van der Waals surface area contributed by atoms with Crippen LogP contribution in [-0.4, -0.2) is 93.0 Å². The summed E-state index contributed by atoms with van der Waals surface area (Å²) in [6.07, 6.45) is 10.0. The number of aryl methyl sites for hydroxylation is 1. The summed E-state index contributed by atoms with van der Waals surface area (Å²) in [5, 5.41) is 20.3. The van der Waals surface area contributed by atoms with E-state index in [1.54, 1.807) is 18.3 Å². The molecule has 0 unspecified atom stereocenters. The van der Waals surface area contributed by atoms with Gasteiger partial charge in [0.05, 0.1) is 13.2 Å². The molecule has 290 valence electrons. The maximum absolute atomic E-state index is 13.8. The lowest BCUT2D eigenvalue weighted by molar-refractivity contribution is -0.129. The first-order valence-corrected chi connectivity index (χ1v) is 19.9. The van der Waals surface area contributed by atoms with Gasteiger partial charge in [0.1, 0.15) is 11.5 Å². The zero-order valence-corrected chi connectivity index (χ0v) is 31.7. The summed E-state index contributed by atoms with van der Waals surface area (Å²) in [5.41, 5.74) is 11.6. The number of carbonyl (C=O) groups excluding carboxylic acids is 3. The van der Waals surface area contributed by atoms with Crippen LogP contribution in [0.1, 0.15) is 79.4 Å². The number of amides is 2. The lowest BCUT2D eigenvalue weighted by atomic mass is 9.77. The number of benzene rings is 2. The molecule has 1 aliphatic heterocycles. The zero-order chi connectivity index (χ0) is 38.1. The molecule has 2 aromatic heterocycles. The summed E-state index contributed by atoms with van der Waals surface area (Å²) in [4.78, 5) is 47.7. The molecule has 0 radical (unpaired) electrons. The average molecular weight is 748 g/mol. The van der Waals surface area contributed by atoms with Crippen molar-refractivity contribution < 1.29 is 19.1 Å². The second-order valence-corrected chi connectivity index (χ2v) is 15.5. The van der Waals surface area contributed by atoms with Crippen LogP contribution in [0, 0.1) is 24.7 Å². The number of nitrogens with two attached hydrogens (primary N) is 1. The molecule has 2 amide bonds. The first-order valence-electron chi connectivity index (χ1n) is 19.9. The number of H-pyrrole nitrogens is 1. The van der Waals surface area contributed by atoms with Gasteiger partial charge in [0.25, 0.3) is 5.91 Å². The Kier molecular flexibility index (Phi) is 12.7. The van der Waals surface area contributed by atoms with Crippen LogP contribution in [0.25, 0.3) is 22.5 Å². The number of ether oxygens (including phenoxy) is 1. The van der Waals surface area contributed by atoms with Gasteiger partial charge in [-0.25, -0.2) is 0 Å². The predicted molar refractivity (Wildman–Crippen MR) is 210 cm³/mol. The number of aromatic nitrogens is 5. The van der Waals surface area contributed by atoms with Gasteiger partial charge in [-0.3, -0.25) is 24.3 Å². The molecule has 4 aromatic rings. The SMILES string of the molecule is Cc1cc(C(=O)NC2CCC(N3CCOCC3)CC2)ncc1-c1ccc(C[C@H](CC(=O)C2CCC(CN)CC2)C(=O)Nc2ccc(-c3nn[nH]n3)cc2)cc1. The molecule has 7 rings (SSSR count). The van der Waals surface area contributed by atoms with Gasteiger partial charge in [-0.2, -0.15) is 5.21 Å². The normalized spacial score (nSPS) is 22.4. The highest BCUT2D eigenvalue weighted by atomic mass is 16.5. The molecule has 1 atom stereocenters. The fraction of sp³-hybridized carbons (Fsp3) is 0.500. The van der Waals surface area contributed by atoms with Gasteiger partial charge in [-0.05, 0) is 129 Å². The van der Waals surface area contributed by atoms with E-state index in [1.165, 1.54) is 0 Å². The van der Waals surface area contributed by atoms with Crippen LogP contribution < -0.4 is 16.4 Å². The van der Waals surface area contributed by atoms with Crippen molar-refractivity contribution in [2.45, 2.75) is 83.2 Å². The number of ketones is 1. The Morgan fingerprint density at radius 2 is 1.64 bits per heavy atom. The molecule has 13 heteroatoms. The lowest BCUT2D eigenvalue weighted by Crippen LogP contribution is -2.47. The molecule has 55 heavy (non-hydrogen) atoms. The zero-order valence-electron chi connectivity index (χ0n) is 31.7. The fourth-order valence-corrected chi connectivity index (χ4v) is 8.49. The summed E-state index contributed by atoms with van der Waals surface area (Å²) in [5.74, 6) is 0.179. The van der Waals surface area contributed by atoms with Gasteiger partial charge in [-0.15, -0.1) is 10.2 Å². The van der Waals surface area contributed by atoms with Crippen LogP contribution in [0.5, 0.6) is 0 Å². The predicted octanol–water partition coefficient (Wildman–Crippen LogP) is 5.13. The molecule has 2 aliphatic carbocycles. The second kappa shape index (κ2) is 18.2. The van der Waals surface area contributed by atoms with E-state index in [4.69, 9.17) is 10.5 Å². The molecular formula is C42H53N9O4. The number of morpholine rings is 1. The quantitative estimate of drug-likeness (QED) is 0.143. The van der Waals surface area contributed by atoms with E-state index in [-0.39, 0.29) is 36.0 Å². The third-order valence-electron chi connectivity index (χ3n) is 11.9. The van der Waals surface area contributed by atoms with Crippen molar-refractivity contribution in [3.05, 3.63) is 77.6 Å². The van der Waals surface area contributed by atoms with E-state index < -0.39 is 5.92 Å². The number of nitrogens with one attached hydrogen (secondary N) is 3. The number of Topliss-reactive ketones (excluding diaryl/α,β-unsaturated/α-hetero) is 1. The molecule has 2 saturated carbocycles. The highest BCUT2D eigenvalue weighted by Crippen LogP contribution is 2.32. The highest BCUT2D eigenvalue weighted by Gasteiger charge is 2.31. The smallest absolute Gasteiger partial charge is 0.270 e. The van der Waals surface area contributed by atoms with Crippen LogP contribution in [0.15, 0.2) is 60.8 Å². The summed E-state index contributed by atoms with van der Waals surface area (Å²) in [6, 6.07) is 17.9. The standard InChI is InChI=1S/C42H53N9O4/c1-27-22-38(42(54)46-35-14-16-36(17-15-35)51-18-20-55-21-19-51)44-26-37(27)30-6-2-28(3-7-30)23-33(24-39(52)31-8-4-29(25-43)5-9-31)41(53)45-34-12-10-32(11-13-34)40-47-49-50-48-40/h2-3,6-7,10-13,22,26,29,31,33,35-36H,4-5,8-9,14-21,23-25,43H2,1H3,(H,45,53)(H,46,54)(H,47,48,49,50)/t29?,31?,33-,35?,36?/m1/s1. The first kappa shape index (κ1) is 38.4. The van der Waals surface area contributed by atoms with Gasteiger partial charge >= 0.3 is 0 Å². The van der Waals surface area contributed by atoms with Gasteiger partial charge in [0.2, 0.25) is 11.7 Å². The molecule has 2 aromatic carbocycles. The van der Waals surface area contributed by atoms with Crippen molar-refractivity contribution in [1.29, 1.82) is 0 Å². The molecular weight excluding hydrogens is 695 g/mol. The molecule has 3 fully saturated rings. The Hall–Kier alpha value is -4.85. The molecule has 1 saturated heterocycles. The minimum absolute atomic E-state index is 0.0365. The van der Waals surface area contributed by atoms with Crippen molar-refractivity contribution in [2.24, 2.45) is 23.5 Å². The molecule has 3 aliphatic rings. The third kappa shape index (κ3) is 9.88. The Morgan fingerprint density at radius 1 is 0.927 bits per heavy atom. The van der Waals surface area contributed by atoms with Crippen LogP contribution in [0.4, 0.5) is 5.69 Å². The Morgan fingerprint density at radius 3 is 2.29 bits per heavy atom. The third-order valence-corrected chi connectivity index (χ3v) is 11.9. The Labute approximate surface area is 322 Å². The van der Waals surface area contributed by atoms with E-state index in [9.17, 15) is 14.4 Å². The van der Waals surface area contributed by atoms with E-state index in [1.807, 2.05) is 49.4 Å². The largest absolute Gasteiger partial charge is 0.379 e. The van der Waals surface area contributed by atoms with Crippen LogP contribution >= 0.6 is 0 Å². The van der Waals surface area contributed by atoms with Gasteiger partial charge in [0, 0.05) is 66.4 Å². The maximum Gasteiger partial charge on any atom is 0.270 e. The molecule has 5 N–H and O–H groups in total. The second-order valence-electron chi connectivity index (χ2n) is 15.5.